The average Bonchev–Trinajstić information content (AvgIpc) is 2.66. The predicted octanol–water partition coefficient (Wildman–Crippen LogP) is 2.78. The summed E-state index contributed by atoms with van der Waals surface area (Å²) >= 11 is 0. The quantitative estimate of drug-likeness (QED) is 0.643. The molecule has 1 fully saturated rings. The highest BCUT2D eigenvalue weighted by Gasteiger charge is 2.50. The molecule has 0 saturated carbocycles. The van der Waals surface area contributed by atoms with Gasteiger partial charge in [-0.25, -0.2) is 5.06 Å². The molecule has 2 heterocycles. The molecule has 80 valence electrons. The van der Waals surface area contributed by atoms with Crippen LogP contribution in [0.4, 0.5) is 5.69 Å². The Hall–Kier alpha value is -1.02. The summed E-state index contributed by atoms with van der Waals surface area (Å²) in [6, 6.07) is 9.06. The van der Waals surface area contributed by atoms with E-state index in [4.69, 9.17) is 4.84 Å². The molecule has 2 heteroatoms. The van der Waals surface area contributed by atoms with E-state index in [9.17, 15) is 0 Å². The van der Waals surface area contributed by atoms with Gasteiger partial charge < -0.3 is 0 Å². The molecule has 2 nitrogen and oxygen atoms in total. The molecule has 0 spiro atoms. The fourth-order valence-electron chi connectivity index (χ4n) is 2.63. The van der Waals surface area contributed by atoms with E-state index >= 15 is 0 Å². The summed E-state index contributed by atoms with van der Waals surface area (Å²) in [5, 5.41) is 2.12. The number of hydrogen-bond donors (Lipinski definition) is 0. The number of nitrogens with zero attached hydrogens (tertiary/aromatic N) is 1. The maximum absolute atomic E-state index is 5.96. The maximum Gasteiger partial charge on any atom is 0.0900 e. The zero-order valence-electron chi connectivity index (χ0n) is 9.53. The van der Waals surface area contributed by atoms with Gasteiger partial charge >= 0.3 is 0 Å². The molecular formula is C13H17NO. The number of rotatable bonds is 0. The highest BCUT2D eigenvalue weighted by Crippen LogP contribution is 2.47. The standard InChI is InChI=1S/C13H17NO/c1-9-13(2,3)12-8-10-6-4-5-7-11(10)14(12)15-9/h4-7,9,12H,8H2,1-3H3. The molecule has 2 aliphatic rings. The topological polar surface area (TPSA) is 12.5 Å². The minimum absolute atomic E-state index is 0.235. The van der Waals surface area contributed by atoms with Gasteiger partial charge in [0.15, 0.2) is 0 Å². The second-order valence-electron chi connectivity index (χ2n) is 5.24. The summed E-state index contributed by atoms with van der Waals surface area (Å²) in [6.07, 6.45) is 1.42. The summed E-state index contributed by atoms with van der Waals surface area (Å²) in [5.41, 5.74) is 2.92. The molecular weight excluding hydrogens is 186 g/mol. The van der Waals surface area contributed by atoms with Crippen LogP contribution in [-0.2, 0) is 11.3 Å². The fraction of sp³-hybridized carbons (Fsp3) is 0.538. The Kier molecular flexibility index (Phi) is 1.70. The molecule has 0 amide bonds. The van der Waals surface area contributed by atoms with E-state index in [0.29, 0.717) is 12.1 Å². The first-order chi connectivity index (χ1) is 7.10. The van der Waals surface area contributed by atoms with Gasteiger partial charge in [-0.3, -0.25) is 4.84 Å². The molecule has 2 atom stereocenters. The third-order valence-corrected chi connectivity index (χ3v) is 4.10. The molecule has 1 saturated heterocycles. The van der Waals surface area contributed by atoms with E-state index in [2.05, 4.69) is 50.1 Å². The van der Waals surface area contributed by atoms with Crippen LogP contribution in [0.3, 0.4) is 0 Å². The average molecular weight is 203 g/mol. The third-order valence-electron chi connectivity index (χ3n) is 4.10. The van der Waals surface area contributed by atoms with Gasteiger partial charge in [0.25, 0.3) is 0 Å². The van der Waals surface area contributed by atoms with Crippen molar-refractivity contribution in [2.24, 2.45) is 5.41 Å². The number of benzene rings is 1. The van der Waals surface area contributed by atoms with Crippen LogP contribution in [0.2, 0.25) is 0 Å². The van der Waals surface area contributed by atoms with Gasteiger partial charge in [0.05, 0.1) is 17.8 Å². The Morgan fingerprint density at radius 3 is 2.87 bits per heavy atom. The van der Waals surface area contributed by atoms with E-state index in [1.54, 1.807) is 0 Å². The number of hydroxylamine groups is 1. The largest absolute Gasteiger partial charge is 0.270 e. The van der Waals surface area contributed by atoms with Gasteiger partial charge in [-0.1, -0.05) is 32.0 Å². The molecule has 15 heavy (non-hydrogen) atoms. The van der Waals surface area contributed by atoms with E-state index in [1.807, 2.05) is 0 Å². The molecule has 3 rings (SSSR count). The minimum atomic E-state index is 0.235. The van der Waals surface area contributed by atoms with Gasteiger partial charge in [0.2, 0.25) is 0 Å². The summed E-state index contributed by atoms with van der Waals surface area (Å²) in [6.45, 7) is 6.77. The molecule has 0 radical (unpaired) electrons. The maximum atomic E-state index is 5.96. The Morgan fingerprint density at radius 1 is 1.33 bits per heavy atom. The second kappa shape index (κ2) is 2.76. The highest BCUT2D eigenvalue weighted by atomic mass is 16.7. The van der Waals surface area contributed by atoms with E-state index in [0.717, 1.165) is 6.42 Å². The first kappa shape index (κ1) is 9.22. The van der Waals surface area contributed by atoms with Gasteiger partial charge in [-0.2, -0.15) is 0 Å². The van der Waals surface area contributed by atoms with E-state index in [-0.39, 0.29) is 5.41 Å². The highest BCUT2D eigenvalue weighted by molar-refractivity contribution is 5.58. The van der Waals surface area contributed by atoms with E-state index in [1.165, 1.54) is 11.3 Å². The summed E-state index contributed by atoms with van der Waals surface area (Å²) < 4.78 is 0. The minimum Gasteiger partial charge on any atom is -0.270 e. The smallest absolute Gasteiger partial charge is 0.0900 e. The summed E-state index contributed by atoms with van der Waals surface area (Å²) in [5.74, 6) is 0. The first-order valence-electron chi connectivity index (χ1n) is 5.64. The van der Waals surface area contributed by atoms with Crippen LogP contribution in [0.1, 0.15) is 26.3 Å². The first-order valence-corrected chi connectivity index (χ1v) is 5.64. The number of hydrogen-bond acceptors (Lipinski definition) is 2. The molecule has 2 aliphatic heterocycles. The lowest BCUT2D eigenvalue weighted by Crippen LogP contribution is -2.35. The van der Waals surface area contributed by atoms with Crippen molar-refractivity contribution in [1.82, 2.24) is 0 Å². The van der Waals surface area contributed by atoms with Crippen molar-refractivity contribution < 1.29 is 4.84 Å². The lowest BCUT2D eigenvalue weighted by atomic mass is 9.79. The molecule has 0 N–H and O–H groups in total. The Bertz CT molecular complexity index is 399. The van der Waals surface area contributed by atoms with Crippen molar-refractivity contribution in [3.63, 3.8) is 0 Å². The van der Waals surface area contributed by atoms with Crippen LogP contribution in [0.15, 0.2) is 24.3 Å². The molecule has 1 aromatic rings. The Balaban J connectivity index is 2.05. The van der Waals surface area contributed by atoms with Crippen LogP contribution in [0, 0.1) is 5.41 Å². The van der Waals surface area contributed by atoms with Crippen LogP contribution in [0.25, 0.3) is 0 Å². The van der Waals surface area contributed by atoms with Crippen molar-refractivity contribution in [2.45, 2.75) is 39.3 Å². The predicted molar refractivity (Wildman–Crippen MR) is 60.7 cm³/mol. The Labute approximate surface area is 90.8 Å². The SMILES string of the molecule is CC1ON2c3ccccc3CC2C1(C)C. The van der Waals surface area contributed by atoms with Crippen molar-refractivity contribution in [2.75, 3.05) is 5.06 Å². The molecule has 0 aliphatic carbocycles. The van der Waals surface area contributed by atoms with Crippen molar-refractivity contribution in [1.29, 1.82) is 0 Å². The summed E-state index contributed by atoms with van der Waals surface area (Å²) in [7, 11) is 0. The van der Waals surface area contributed by atoms with Crippen molar-refractivity contribution >= 4 is 5.69 Å². The zero-order chi connectivity index (χ0) is 10.6. The normalized spacial score (nSPS) is 31.5. The van der Waals surface area contributed by atoms with Gasteiger partial charge in [0, 0.05) is 5.41 Å². The second-order valence-corrected chi connectivity index (χ2v) is 5.24. The number of anilines is 1. The van der Waals surface area contributed by atoms with Crippen molar-refractivity contribution in [3.8, 4) is 0 Å². The van der Waals surface area contributed by atoms with Crippen LogP contribution in [-0.4, -0.2) is 12.1 Å². The van der Waals surface area contributed by atoms with Crippen LogP contribution >= 0.6 is 0 Å². The third kappa shape index (κ3) is 1.08. The number of fused-ring (bicyclic) bond motifs is 3. The fourth-order valence-corrected chi connectivity index (χ4v) is 2.63. The van der Waals surface area contributed by atoms with E-state index < -0.39 is 0 Å². The monoisotopic (exact) mass is 203 g/mol. The van der Waals surface area contributed by atoms with Crippen molar-refractivity contribution in [3.05, 3.63) is 29.8 Å². The zero-order valence-corrected chi connectivity index (χ0v) is 9.53. The van der Waals surface area contributed by atoms with Gasteiger partial charge in [0.1, 0.15) is 0 Å². The van der Waals surface area contributed by atoms with Crippen LogP contribution in [0.5, 0.6) is 0 Å². The lowest BCUT2D eigenvalue weighted by molar-refractivity contribution is 0.0627. The lowest BCUT2D eigenvalue weighted by Gasteiger charge is -2.26. The molecule has 0 bridgehead atoms. The van der Waals surface area contributed by atoms with Crippen LogP contribution < -0.4 is 5.06 Å². The Morgan fingerprint density at radius 2 is 2.07 bits per heavy atom. The summed E-state index contributed by atoms with van der Waals surface area (Å²) in [4.78, 5) is 5.96. The molecule has 1 aromatic carbocycles. The molecule has 0 aromatic heterocycles. The number of para-hydroxylation sites is 1. The molecule has 2 unspecified atom stereocenters. The van der Waals surface area contributed by atoms with Gasteiger partial charge in [-0.15, -0.1) is 0 Å². The van der Waals surface area contributed by atoms with Gasteiger partial charge in [-0.05, 0) is 25.0 Å².